The van der Waals surface area contributed by atoms with Gasteiger partial charge in [-0.05, 0) is 19.8 Å². The summed E-state index contributed by atoms with van der Waals surface area (Å²) in [6.07, 6.45) is 2.23. The predicted octanol–water partition coefficient (Wildman–Crippen LogP) is 2.04. The Bertz CT molecular complexity index is 472. The topological polar surface area (TPSA) is 62.3 Å². The van der Waals surface area contributed by atoms with Crippen molar-refractivity contribution in [1.82, 2.24) is 9.88 Å². The molecular formula is C13H19N3O2S. The fourth-order valence-electron chi connectivity index (χ4n) is 2.26. The Morgan fingerprint density at radius 1 is 1.58 bits per heavy atom. The summed E-state index contributed by atoms with van der Waals surface area (Å²) in [4.78, 5) is 29.8. The van der Waals surface area contributed by atoms with Crippen LogP contribution in [0.25, 0.3) is 0 Å². The van der Waals surface area contributed by atoms with Crippen molar-refractivity contribution in [3.63, 3.8) is 0 Å². The second kappa shape index (κ2) is 6.14. The molecule has 1 aliphatic heterocycles. The summed E-state index contributed by atoms with van der Waals surface area (Å²) in [6, 6.07) is 0. The lowest BCUT2D eigenvalue weighted by molar-refractivity contribution is -0.134. The summed E-state index contributed by atoms with van der Waals surface area (Å²) >= 11 is 1.43. The maximum Gasteiger partial charge on any atom is 0.231 e. The van der Waals surface area contributed by atoms with E-state index in [-0.39, 0.29) is 17.7 Å². The van der Waals surface area contributed by atoms with E-state index in [9.17, 15) is 9.59 Å². The third-order valence-electron chi connectivity index (χ3n) is 3.30. The van der Waals surface area contributed by atoms with Crippen LogP contribution in [0.4, 0.5) is 5.13 Å². The molecule has 2 rings (SSSR count). The molecule has 0 spiro atoms. The number of carbonyl (C=O) groups is 2. The monoisotopic (exact) mass is 281 g/mol. The van der Waals surface area contributed by atoms with Crippen molar-refractivity contribution in [3.8, 4) is 0 Å². The zero-order valence-electron chi connectivity index (χ0n) is 11.3. The molecule has 104 valence electrons. The van der Waals surface area contributed by atoms with Crippen LogP contribution in [0.5, 0.6) is 0 Å². The smallest absolute Gasteiger partial charge is 0.231 e. The molecule has 0 bridgehead atoms. The van der Waals surface area contributed by atoms with Crippen LogP contribution in [-0.4, -0.2) is 34.8 Å². The second-order valence-corrected chi connectivity index (χ2v) is 5.67. The molecule has 0 aromatic carbocycles. The number of anilines is 1. The highest BCUT2D eigenvalue weighted by atomic mass is 32.1. The number of hydrogen-bond donors (Lipinski definition) is 1. The second-order valence-electron chi connectivity index (χ2n) is 4.82. The summed E-state index contributed by atoms with van der Waals surface area (Å²) < 4.78 is 0. The quantitative estimate of drug-likeness (QED) is 0.922. The number of nitrogens with one attached hydrogen (secondary N) is 1. The minimum absolute atomic E-state index is 0.0250. The average molecular weight is 281 g/mol. The molecule has 5 nitrogen and oxygen atoms in total. The van der Waals surface area contributed by atoms with Crippen LogP contribution < -0.4 is 5.32 Å². The number of likely N-dealkylation sites (tertiary alicyclic amines) is 1. The van der Waals surface area contributed by atoms with Crippen molar-refractivity contribution in [2.45, 2.75) is 33.1 Å². The van der Waals surface area contributed by atoms with Gasteiger partial charge in [-0.2, -0.15) is 0 Å². The van der Waals surface area contributed by atoms with E-state index in [0.717, 1.165) is 25.1 Å². The molecule has 1 aromatic heterocycles. The van der Waals surface area contributed by atoms with E-state index in [1.54, 1.807) is 4.90 Å². The maximum atomic E-state index is 12.2. The van der Waals surface area contributed by atoms with Crippen molar-refractivity contribution in [1.29, 1.82) is 0 Å². The Kier molecular flexibility index (Phi) is 4.52. The van der Waals surface area contributed by atoms with E-state index in [0.29, 0.717) is 18.1 Å². The minimum Gasteiger partial charge on any atom is -0.342 e. The van der Waals surface area contributed by atoms with E-state index < -0.39 is 0 Å². The number of carbonyl (C=O) groups excluding carboxylic acids is 2. The molecule has 0 saturated carbocycles. The zero-order valence-corrected chi connectivity index (χ0v) is 12.1. The zero-order chi connectivity index (χ0) is 13.8. The molecule has 1 fully saturated rings. The van der Waals surface area contributed by atoms with Crippen LogP contribution in [0, 0.1) is 12.8 Å². The molecular weight excluding hydrogens is 262 g/mol. The number of thiazole rings is 1. The minimum atomic E-state index is -0.117. The third kappa shape index (κ3) is 3.53. The first-order valence-corrected chi connectivity index (χ1v) is 7.49. The summed E-state index contributed by atoms with van der Waals surface area (Å²) in [5, 5.41) is 5.39. The average Bonchev–Trinajstić information content (AvgIpc) is 2.83. The lowest BCUT2D eigenvalue weighted by Crippen LogP contribution is -2.43. The fraction of sp³-hybridized carbons (Fsp3) is 0.615. The van der Waals surface area contributed by atoms with Crippen molar-refractivity contribution >= 4 is 28.3 Å². The van der Waals surface area contributed by atoms with Crippen LogP contribution in [0.2, 0.25) is 0 Å². The van der Waals surface area contributed by atoms with Gasteiger partial charge in [0.1, 0.15) is 0 Å². The van der Waals surface area contributed by atoms with Crippen LogP contribution in [-0.2, 0) is 9.59 Å². The molecule has 0 radical (unpaired) electrons. The van der Waals surface area contributed by atoms with Gasteiger partial charge in [0.25, 0.3) is 0 Å². The van der Waals surface area contributed by atoms with Crippen LogP contribution in [0.15, 0.2) is 5.38 Å². The Hall–Kier alpha value is -1.43. The number of aromatic nitrogens is 1. The first-order valence-electron chi connectivity index (χ1n) is 6.61. The van der Waals surface area contributed by atoms with Gasteiger partial charge in [-0.3, -0.25) is 9.59 Å². The molecule has 2 amide bonds. The Labute approximate surface area is 117 Å². The van der Waals surface area contributed by atoms with E-state index in [1.807, 2.05) is 19.2 Å². The number of piperidine rings is 1. The van der Waals surface area contributed by atoms with Gasteiger partial charge < -0.3 is 10.2 Å². The standard InChI is InChI=1S/C13H19N3O2S/c1-3-11(17)16-6-4-5-10(7-16)12(18)15-13-14-9(2)8-19-13/h8,10H,3-7H2,1-2H3,(H,14,15,18). The van der Waals surface area contributed by atoms with Gasteiger partial charge in [-0.15, -0.1) is 11.3 Å². The van der Waals surface area contributed by atoms with Crippen LogP contribution >= 0.6 is 11.3 Å². The first kappa shape index (κ1) is 14.0. The van der Waals surface area contributed by atoms with Crippen molar-refractivity contribution in [2.24, 2.45) is 5.92 Å². The van der Waals surface area contributed by atoms with E-state index in [2.05, 4.69) is 10.3 Å². The van der Waals surface area contributed by atoms with Gasteiger partial charge in [0, 0.05) is 24.9 Å². The number of aryl methyl sites for hydroxylation is 1. The highest BCUT2D eigenvalue weighted by molar-refractivity contribution is 7.13. The summed E-state index contributed by atoms with van der Waals surface area (Å²) in [7, 11) is 0. The summed E-state index contributed by atoms with van der Waals surface area (Å²) in [6.45, 7) is 5.05. The molecule has 0 aliphatic carbocycles. The van der Waals surface area contributed by atoms with Gasteiger partial charge in [0.2, 0.25) is 11.8 Å². The van der Waals surface area contributed by atoms with Crippen LogP contribution in [0.1, 0.15) is 31.9 Å². The number of hydrogen-bond acceptors (Lipinski definition) is 4. The van der Waals surface area contributed by atoms with E-state index in [4.69, 9.17) is 0 Å². The lowest BCUT2D eigenvalue weighted by Gasteiger charge is -2.31. The third-order valence-corrected chi connectivity index (χ3v) is 4.17. The summed E-state index contributed by atoms with van der Waals surface area (Å²) in [5.74, 6) is -0.0148. The first-order chi connectivity index (χ1) is 9.10. The van der Waals surface area contributed by atoms with Crippen molar-refractivity contribution < 1.29 is 9.59 Å². The molecule has 19 heavy (non-hydrogen) atoms. The predicted molar refractivity (Wildman–Crippen MR) is 75.1 cm³/mol. The van der Waals surface area contributed by atoms with E-state index in [1.165, 1.54) is 11.3 Å². The SMILES string of the molecule is CCC(=O)N1CCCC(C(=O)Nc2nc(C)cs2)C1. The maximum absolute atomic E-state index is 12.2. The molecule has 1 saturated heterocycles. The normalized spacial score (nSPS) is 19.3. The molecule has 1 unspecified atom stereocenters. The van der Waals surface area contributed by atoms with Gasteiger partial charge in [0.05, 0.1) is 11.6 Å². The number of nitrogens with zero attached hydrogens (tertiary/aromatic N) is 2. The molecule has 2 heterocycles. The molecule has 1 atom stereocenters. The highest BCUT2D eigenvalue weighted by Crippen LogP contribution is 2.21. The largest absolute Gasteiger partial charge is 0.342 e. The molecule has 6 heteroatoms. The Morgan fingerprint density at radius 3 is 3.00 bits per heavy atom. The fourth-order valence-corrected chi connectivity index (χ4v) is 2.95. The van der Waals surface area contributed by atoms with Crippen LogP contribution in [0.3, 0.4) is 0 Å². The van der Waals surface area contributed by atoms with Crippen molar-refractivity contribution in [2.75, 3.05) is 18.4 Å². The van der Waals surface area contributed by atoms with Gasteiger partial charge in [0.15, 0.2) is 5.13 Å². The molecule has 1 aliphatic rings. The lowest BCUT2D eigenvalue weighted by atomic mass is 9.97. The van der Waals surface area contributed by atoms with Gasteiger partial charge in [-0.1, -0.05) is 6.92 Å². The number of rotatable bonds is 3. The van der Waals surface area contributed by atoms with Gasteiger partial charge in [-0.25, -0.2) is 4.98 Å². The highest BCUT2D eigenvalue weighted by Gasteiger charge is 2.28. The van der Waals surface area contributed by atoms with E-state index >= 15 is 0 Å². The Balaban J connectivity index is 1.93. The molecule has 1 N–H and O–H groups in total. The van der Waals surface area contributed by atoms with Gasteiger partial charge >= 0.3 is 0 Å². The summed E-state index contributed by atoms with van der Waals surface area (Å²) in [5.41, 5.74) is 0.909. The Morgan fingerprint density at radius 2 is 2.37 bits per heavy atom. The number of amides is 2. The molecule has 1 aromatic rings. The van der Waals surface area contributed by atoms with Crippen molar-refractivity contribution in [3.05, 3.63) is 11.1 Å².